The number of carbonyl (C=O) groups excluding carboxylic acids is 2. The first-order valence-corrected chi connectivity index (χ1v) is 10.5. The molecule has 3 rings (SSSR count). The van der Waals surface area contributed by atoms with Crippen molar-refractivity contribution in [1.29, 1.82) is 0 Å². The van der Waals surface area contributed by atoms with Gasteiger partial charge in [0.25, 0.3) is 0 Å². The molecular weight excluding hydrogens is 374 g/mol. The Morgan fingerprint density at radius 3 is 2.50 bits per heavy atom. The number of hydrogen-bond donors (Lipinski definition) is 1. The lowest BCUT2D eigenvalue weighted by atomic mass is 9.95. The van der Waals surface area contributed by atoms with Crippen LogP contribution in [0.1, 0.15) is 61.4 Å². The maximum atomic E-state index is 12.4. The van der Waals surface area contributed by atoms with Crippen molar-refractivity contribution in [2.45, 2.75) is 54.4 Å². The zero-order valence-corrected chi connectivity index (χ0v) is 18.7. The van der Waals surface area contributed by atoms with Crippen molar-refractivity contribution in [2.75, 3.05) is 5.32 Å². The van der Waals surface area contributed by atoms with Gasteiger partial charge in [-0.15, -0.1) is 0 Å². The third-order valence-electron chi connectivity index (χ3n) is 4.72. The number of nitrogens with zero attached hydrogens (tertiary/aromatic N) is 2. The van der Waals surface area contributed by atoms with Crippen LogP contribution in [0, 0.1) is 5.92 Å². The number of aromatic nitrogens is 2. The molecule has 160 valence electrons. The van der Waals surface area contributed by atoms with E-state index in [-0.39, 0.29) is 19.0 Å². The van der Waals surface area contributed by atoms with Gasteiger partial charge in [-0.25, -0.2) is 4.98 Å². The number of fused-ring (bicyclic) bond motifs is 1. The molecule has 1 unspecified atom stereocenters. The third-order valence-corrected chi connectivity index (χ3v) is 4.72. The van der Waals surface area contributed by atoms with Crippen LogP contribution in [0.25, 0.3) is 16.5 Å². The Balaban J connectivity index is 0.00000156. The summed E-state index contributed by atoms with van der Waals surface area (Å²) in [5.41, 5.74) is 4.93. The van der Waals surface area contributed by atoms with Crippen molar-refractivity contribution < 1.29 is 11.0 Å². The summed E-state index contributed by atoms with van der Waals surface area (Å²) in [6, 6.07) is 3.80. The monoisotopic (exact) mass is 407 g/mol. The highest BCUT2D eigenvalue weighted by Gasteiger charge is 2.18. The Labute approximate surface area is 180 Å². The van der Waals surface area contributed by atoms with E-state index in [1.54, 1.807) is 12.3 Å². The molecule has 2 heterocycles. The first-order valence-electron chi connectivity index (χ1n) is 10.5. The highest BCUT2D eigenvalue weighted by molar-refractivity contribution is 5.92. The van der Waals surface area contributed by atoms with Gasteiger partial charge in [-0.1, -0.05) is 44.6 Å². The first kappa shape index (κ1) is 23.2. The minimum absolute atomic E-state index is 0. The van der Waals surface area contributed by atoms with E-state index in [1.165, 1.54) is 6.92 Å². The summed E-state index contributed by atoms with van der Waals surface area (Å²) >= 11 is 0. The van der Waals surface area contributed by atoms with Crippen molar-refractivity contribution in [3.05, 3.63) is 59.5 Å². The molecule has 5 heteroatoms. The number of pyridine rings is 2. The molecule has 0 bridgehead atoms. The Morgan fingerprint density at radius 1 is 1.10 bits per heavy atom. The average Bonchev–Trinajstić information content (AvgIpc) is 2.87. The second-order valence-corrected chi connectivity index (χ2v) is 7.23. The van der Waals surface area contributed by atoms with Crippen LogP contribution in [-0.2, 0) is 9.59 Å². The highest BCUT2D eigenvalue weighted by Crippen LogP contribution is 2.31. The second kappa shape index (κ2) is 10.6. The van der Waals surface area contributed by atoms with E-state index in [9.17, 15) is 9.59 Å². The maximum absolute atomic E-state index is 12.4. The molecule has 0 aliphatic heterocycles. The molecule has 0 saturated heterocycles. The Kier molecular flexibility index (Phi) is 8.22. The quantitative estimate of drug-likeness (QED) is 0.646. The molecule has 0 fully saturated rings. The van der Waals surface area contributed by atoms with Crippen LogP contribution in [0.15, 0.2) is 53.9 Å². The normalized spacial score (nSPS) is 15.8. The summed E-state index contributed by atoms with van der Waals surface area (Å²) in [6.45, 7) is 11.5. The molecule has 5 nitrogen and oxygen atoms in total. The van der Waals surface area contributed by atoms with Crippen LogP contribution in [-0.4, -0.2) is 21.7 Å². The number of carbonyl (C=O) groups is 2. The van der Waals surface area contributed by atoms with E-state index < -0.39 is 0 Å². The summed E-state index contributed by atoms with van der Waals surface area (Å²) in [5, 5.41) is 3.57. The molecule has 0 aromatic carbocycles. The number of anilines is 1. The highest BCUT2D eigenvalue weighted by atomic mass is 16.1. The van der Waals surface area contributed by atoms with Crippen molar-refractivity contribution in [3.63, 3.8) is 0 Å². The SMILES string of the molecule is CC.CCCC(=O)C1C=C(C)C=C(c2cnc3cc(NC(C)=O)ncc3c2)C(C)=C1.[HH]. The Morgan fingerprint density at radius 2 is 1.83 bits per heavy atom. The predicted molar refractivity (Wildman–Crippen MR) is 126 cm³/mol. The van der Waals surface area contributed by atoms with Crippen molar-refractivity contribution in [1.82, 2.24) is 9.97 Å². The molecule has 2 aromatic rings. The summed E-state index contributed by atoms with van der Waals surface area (Å²) in [5.74, 6) is 0.398. The number of amides is 1. The number of allylic oxidation sites excluding steroid dienone is 6. The number of rotatable bonds is 5. The van der Waals surface area contributed by atoms with Crippen molar-refractivity contribution in [2.24, 2.45) is 5.92 Å². The predicted octanol–water partition coefficient (Wildman–Crippen LogP) is 6.14. The van der Waals surface area contributed by atoms with E-state index in [2.05, 4.69) is 21.4 Å². The van der Waals surface area contributed by atoms with Crippen LogP contribution in [0.5, 0.6) is 0 Å². The van der Waals surface area contributed by atoms with Crippen molar-refractivity contribution >= 4 is 34.0 Å². The number of ketones is 1. The fourth-order valence-corrected chi connectivity index (χ4v) is 3.41. The number of Topliss-reactive ketones (excluding diaryl/α,β-unsaturated/α-hetero) is 1. The minimum atomic E-state index is -0.177. The van der Waals surface area contributed by atoms with E-state index >= 15 is 0 Å². The topological polar surface area (TPSA) is 72.0 Å². The van der Waals surface area contributed by atoms with E-state index in [4.69, 9.17) is 0 Å². The number of hydrogen-bond acceptors (Lipinski definition) is 4. The van der Waals surface area contributed by atoms with E-state index in [1.807, 2.05) is 59.0 Å². The molecule has 0 radical (unpaired) electrons. The molecule has 30 heavy (non-hydrogen) atoms. The fraction of sp³-hybridized carbons (Fsp3) is 0.360. The molecule has 1 aliphatic carbocycles. The van der Waals surface area contributed by atoms with Gasteiger partial charge in [-0.05, 0) is 37.5 Å². The lowest BCUT2D eigenvalue weighted by Crippen LogP contribution is -2.09. The van der Waals surface area contributed by atoms with Gasteiger partial charge in [0.2, 0.25) is 5.91 Å². The average molecular weight is 408 g/mol. The van der Waals surface area contributed by atoms with Gasteiger partial charge < -0.3 is 5.32 Å². The van der Waals surface area contributed by atoms with Crippen LogP contribution in [0.4, 0.5) is 5.82 Å². The molecule has 1 amide bonds. The summed E-state index contributed by atoms with van der Waals surface area (Å²) in [4.78, 5) is 32.4. The van der Waals surface area contributed by atoms with Crippen LogP contribution in [0.2, 0.25) is 0 Å². The van der Waals surface area contributed by atoms with Gasteiger partial charge in [0, 0.05) is 44.2 Å². The van der Waals surface area contributed by atoms with Gasteiger partial charge in [0.1, 0.15) is 11.6 Å². The smallest absolute Gasteiger partial charge is 0.222 e. The van der Waals surface area contributed by atoms with Crippen LogP contribution < -0.4 is 5.32 Å². The minimum Gasteiger partial charge on any atom is -0.311 e. The molecule has 0 spiro atoms. The van der Waals surface area contributed by atoms with Gasteiger partial charge in [0.05, 0.1) is 11.4 Å². The first-order chi connectivity index (χ1) is 14.4. The van der Waals surface area contributed by atoms with Crippen LogP contribution in [0.3, 0.4) is 0 Å². The summed E-state index contributed by atoms with van der Waals surface area (Å²) in [7, 11) is 0. The molecular formula is C25H33N3O2. The van der Waals surface area contributed by atoms with Gasteiger partial charge in [0.15, 0.2) is 0 Å². The number of nitrogens with one attached hydrogen (secondary N) is 1. The maximum Gasteiger partial charge on any atom is 0.222 e. The Hall–Kier alpha value is -3.08. The van der Waals surface area contributed by atoms with E-state index in [0.29, 0.717) is 12.2 Å². The molecule has 1 N–H and O–H groups in total. The zero-order valence-electron chi connectivity index (χ0n) is 18.7. The zero-order chi connectivity index (χ0) is 22.3. The molecule has 2 aromatic heterocycles. The Bertz CT molecular complexity index is 1040. The lowest BCUT2D eigenvalue weighted by molar-refractivity contribution is -0.120. The van der Waals surface area contributed by atoms with Gasteiger partial charge in [-0.2, -0.15) is 0 Å². The molecule has 0 saturated carbocycles. The largest absolute Gasteiger partial charge is 0.311 e. The van der Waals surface area contributed by atoms with E-state index in [0.717, 1.165) is 39.6 Å². The lowest BCUT2D eigenvalue weighted by Gasteiger charge is -2.11. The third kappa shape index (κ3) is 5.72. The van der Waals surface area contributed by atoms with Crippen LogP contribution >= 0.6 is 0 Å². The standard InChI is InChI=1S/C23H25N3O2.C2H6.H2/c1-5-6-22(28)17-7-14(2)8-20(15(3)9-17)18-10-19-13-25-23(26-16(4)27)11-21(19)24-12-18;1-2;/h7-13,17H,5-6H2,1-4H3,(H,25,26,27);1-2H3;1H. The van der Waals surface area contributed by atoms with Crippen molar-refractivity contribution in [3.8, 4) is 0 Å². The summed E-state index contributed by atoms with van der Waals surface area (Å²) < 4.78 is 0. The summed E-state index contributed by atoms with van der Waals surface area (Å²) in [6.07, 6.45) is 11.2. The van der Waals surface area contributed by atoms with Gasteiger partial charge >= 0.3 is 0 Å². The van der Waals surface area contributed by atoms with Gasteiger partial charge in [-0.3, -0.25) is 14.6 Å². The fourth-order valence-electron chi connectivity index (χ4n) is 3.41. The molecule has 1 atom stereocenters. The molecule has 1 aliphatic rings. The second-order valence-electron chi connectivity index (χ2n) is 7.23.